The van der Waals surface area contributed by atoms with Crippen LogP contribution in [0.2, 0.25) is 0 Å². The van der Waals surface area contributed by atoms with Gasteiger partial charge in [-0.15, -0.1) is 10.2 Å². The molecule has 0 spiro atoms. The number of pyridine rings is 1. The fourth-order valence-electron chi connectivity index (χ4n) is 3.08. The van der Waals surface area contributed by atoms with Gasteiger partial charge in [-0.3, -0.25) is 9.20 Å². The fraction of sp³-hybridized carbons (Fsp3) is 0.250. The van der Waals surface area contributed by atoms with E-state index < -0.39 is 0 Å². The number of nitrogens with zero attached hydrogens (tertiary/aromatic N) is 5. The highest BCUT2D eigenvalue weighted by Gasteiger charge is 2.29. The van der Waals surface area contributed by atoms with Crippen molar-refractivity contribution in [1.82, 2.24) is 30.1 Å². The first-order valence-corrected chi connectivity index (χ1v) is 9.34. The molecule has 8 nitrogen and oxygen atoms in total. The normalized spacial score (nSPS) is 13.7. The van der Waals surface area contributed by atoms with Crippen molar-refractivity contribution in [1.29, 1.82) is 0 Å². The molecule has 1 aliphatic rings. The number of halogens is 1. The van der Waals surface area contributed by atoms with Crippen LogP contribution in [0.15, 0.2) is 47.1 Å². The van der Waals surface area contributed by atoms with Gasteiger partial charge in [0.15, 0.2) is 17.3 Å². The molecular weight excluding hydrogens is 375 g/mol. The van der Waals surface area contributed by atoms with Crippen LogP contribution in [0.4, 0.5) is 4.39 Å². The lowest BCUT2D eigenvalue weighted by Crippen LogP contribution is -2.25. The van der Waals surface area contributed by atoms with E-state index in [9.17, 15) is 9.18 Å². The second kappa shape index (κ2) is 7.08. The summed E-state index contributed by atoms with van der Waals surface area (Å²) in [7, 11) is 0. The average Bonchev–Trinajstić information content (AvgIpc) is 3.32. The molecule has 1 aromatic carbocycles. The second-order valence-corrected chi connectivity index (χ2v) is 7.07. The standard InChI is InChI=1S/C20H17FN6O2/c21-15-5-1-12(2-6-15)9-18(28)22-11-17-25-24-16-10-14(7-8-27(16)17)20-23-19(26-29-20)13-3-4-13/h1-2,5-8,10,13H,3-4,9,11H2,(H,22,28). The van der Waals surface area contributed by atoms with Crippen molar-refractivity contribution in [2.75, 3.05) is 0 Å². The van der Waals surface area contributed by atoms with Crippen LogP contribution in [0.1, 0.15) is 36.0 Å². The molecule has 3 aromatic heterocycles. The van der Waals surface area contributed by atoms with Gasteiger partial charge in [-0.05, 0) is 42.7 Å². The van der Waals surface area contributed by atoms with E-state index in [-0.39, 0.29) is 24.7 Å². The molecule has 9 heteroatoms. The molecule has 1 N–H and O–H groups in total. The Hall–Kier alpha value is -3.62. The lowest BCUT2D eigenvalue weighted by Gasteiger charge is -2.05. The molecule has 0 bridgehead atoms. The lowest BCUT2D eigenvalue weighted by atomic mass is 10.1. The molecule has 1 amide bonds. The third-order valence-corrected chi connectivity index (χ3v) is 4.83. The number of hydrogen-bond acceptors (Lipinski definition) is 6. The monoisotopic (exact) mass is 392 g/mol. The number of aromatic nitrogens is 5. The Morgan fingerprint density at radius 2 is 2.03 bits per heavy atom. The minimum Gasteiger partial charge on any atom is -0.348 e. The number of fused-ring (bicyclic) bond motifs is 1. The number of rotatable bonds is 6. The molecule has 4 aromatic rings. The number of carbonyl (C=O) groups excluding carboxylic acids is 1. The molecule has 1 fully saturated rings. The van der Waals surface area contributed by atoms with Gasteiger partial charge in [0.2, 0.25) is 5.91 Å². The smallest absolute Gasteiger partial charge is 0.258 e. The predicted molar refractivity (Wildman–Crippen MR) is 100 cm³/mol. The summed E-state index contributed by atoms with van der Waals surface area (Å²) in [5, 5.41) is 15.2. The Bertz CT molecular complexity index is 1180. The van der Waals surface area contributed by atoms with Gasteiger partial charge in [0.05, 0.1) is 13.0 Å². The fourth-order valence-corrected chi connectivity index (χ4v) is 3.08. The van der Waals surface area contributed by atoms with E-state index in [2.05, 4.69) is 25.7 Å². The Kier molecular flexibility index (Phi) is 4.27. The third kappa shape index (κ3) is 3.71. The van der Waals surface area contributed by atoms with Crippen molar-refractivity contribution in [3.8, 4) is 11.5 Å². The lowest BCUT2D eigenvalue weighted by molar-refractivity contribution is -0.120. The number of amides is 1. The number of hydrogen-bond donors (Lipinski definition) is 1. The maximum Gasteiger partial charge on any atom is 0.258 e. The third-order valence-electron chi connectivity index (χ3n) is 4.83. The number of nitrogens with one attached hydrogen (secondary N) is 1. The molecule has 0 saturated heterocycles. The van der Waals surface area contributed by atoms with E-state index in [1.54, 1.807) is 16.5 Å². The van der Waals surface area contributed by atoms with Gasteiger partial charge in [-0.1, -0.05) is 17.3 Å². The van der Waals surface area contributed by atoms with E-state index in [0.717, 1.165) is 29.8 Å². The van der Waals surface area contributed by atoms with Crippen LogP contribution in [0.5, 0.6) is 0 Å². The van der Waals surface area contributed by atoms with E-state index in [4.69, 9.17) is 4.52 Å². The van der Waals surface area contributed by atoms with Crippen molar-refractivity contribution >= 4 is 11.6 Å². The summed E-state index contributed by atoms with van der Waals surface area (Å²) in [6, 6.07) is 9.53. The van der Waals surface area contributed by atoms with Gasteiger partial charge in [0.1, 0.15) is 5.82 Å². The van der Waals surface area contributed by atoms with Crippen molar-refractivity contribution in [2.45, 2.75) is 31.7 Å². The molecule has 3 heterocycles. The first kappa shape index (κ1) is 17.5. The topological polar surface area (TPSA) is 98.2 Å². The van der Waals surface area contributed by atoms with E-state index in [1.807, 2.05) is 18.3 Å². The van der Waals surface area contributed by atoms with Crippen molar-refractivity contribution in [2.24, 2.45) is 0 Å². The summed E-state index contributed by atoms with van der Waals surface area (Å²) in [6.07, 6.45) is 4.20. The molecular formula is C20H17FN6O2. The van der Waals surface area contributed by atoms with E-state index in [1.165, 1.54) is 12.1 Å². The summed E-state index contributed by atoms with van der Waals surface area (Å²) in [6.45, 7) is 0.229. The van der Waals surface area contributed by atoms with Gasteiger partial charge < -0.3 is 9.84 Å². The van der Waals surface area contributed by atoms with Gasteiger partial charge in [-0.2, -0.15) is 4.98 Å². The maximum atomic E-state index is 13.0. The minimum atomic E-state index is -0.326. The van der Waals surface area contributed by atoms with Crippen molar-refractivity contribution in [3.63, 3.8) is 0 Å². The van der Waals surface area contributed by atoms with Gasteiger partial charge in [-0.25, -0.2) is 4.39 Å². The second-order valence-electron chi connectivity index (χ2n) is 7.07. The Labute approximate surface area is 164 Å². The highest BCUT2D eigenvalue weighted by Crippen LogP contribution is 2.38. The van der Waals surface area contributed by atoms with Crippen LogP contribution in [0.3, 0.4) is 0 Å². The summed E-state index contributed by atoms with van der Waals surface area (Å²) in [5.41, 5.74) is 2.14. The molecule has 1 saturated carbocycles. The summed E-state index contributed by atoms with van der Waals surface area (Å²) in [4.78, 5) is 16.6. The molecule has 0 atom stereocenters. The average molecular weight is 392 g/mol. The number of benzene rings is 1. The van der Waals surface area contributed by atoms with Crippen molar-refractivity contribution in [3.05, 3.63) is 65.6 Å². The van der Waals surface area contributed by atoms with Gasteiger partial charge >= 0.3 is 0 Å². The number of carbonyl (C=O) groups is 1. The minimum absolute atomic E-state index is 0.168. The Balaban J connectivity index is 1.27. The molecule has 5 rings (SSSR count). The zero-order valence-corrected chi connectivity index (χ0v) is 15.4. The highest BCUT2D eigenvalue weighted by atomic mass is 19.1. The van der Waals surface area contributed by atoms with Crippen LogP contribution in [-0.2, 0) is 17.8 Å². The zero-order chi connectivity index (χ0) is 19.8. The molecule has 146 valence electrons. The molecule has 1 aliphatic carbocycles. The summed E-state index contributed by atoms with van der Waals surface area (Å²) >= 11 is 0. The van der Waals surface area contributed by atoms with Crippen LogP contribution in [0.25, 0.3) is 17.1 Å². The predicted octanol–water partition coefficient (Wildman–Crippen LogP) is 2.65. The van der Waals surface area contributed by atoms with Crippen LogP contribution < -0.4 is 5.32 Å². The Morgan fingerprint density at radius 3 is 2.83 bits per heavy atom. The Morgan fingerprint density at radius 1 is 1.21 bits per heavy atom. The van der Waals surface area contributed by atoms with Crippen LogP contribution in [0, 0.1) is 5.82 Å². The van der Waals surface area contributed by atoms with Gasteiger partial charge in [0, 0.05) is 17.7 Å². The molecule has 0 radical (unpaired) electrons. The first-order chi connectivity index (χ1) is 14.2. The van der Waals surface area contributed by atoms with E-state index >= 15 is 0 Å². The van der Waals surface area contributed by atoms with Crippen LogP contribution >= 0.6 is 0 Å². The molecule has 0 unspecified atom stereocenters. The van der Waals surface area contributed by atoms with Crippen molar-refractivity contribution < 1.29 is 13.7 Å². The molecule has 0 aliphatic heterocycles. The van der Waals surface area contributed by atoms with E-state index in [0.29, 0.717) is 23.3 Å². The quantitative estimate of drug-likeness (QED) is 0.542. The summed E-state index contributed by atoms with van der Waals surface area (Å²) in [5.74, 6) is 1.74. The largest absolute Gasteiger partial charge is 0.348 e. The highest BCUT2D eigenvalue weighted by molar-refractivity contribution is 5.78. The van der Waals surface area contributed by atoms with Gasteiger partial charge in [0.25, 0.3) is 5.89 Å². The summed E-state index contributed by atoms with van der Waals surface area (Å²) < 4.78 is 20.1. The SMILES string of the molecule is O=C(Cc1ccc(F)cc1)NCc1nnc2cc(-c3nc(C4CC4)no3)ccn12. The zero-order valence-electron chi connectivity index (χ0n) is 15.4. The maximum absolute atomic E-state index is 13.0. The first-order valence-electron chi connectivity index (χ1n) is 9.34. The van der Waals surface area contributed by atoms with Crippen LogP contribution in [-0.4, -0.2) is 30.6 Å². The molecule has 29 heavy (non-hydrogen) atoms.